The highest BCUT2D eigenvalue weighted by atomic mass is 19.3. The molecule has 3 unspecified atom stereocenters. The highest BCUT2D eigenvalue weighted by Gasteiger charge is 2.49. The number of nitrogens with two attached hydrogens (primary N) is 1. The Labute approximate surface area is 70.6 Å². The van der Waals surface area contributed by atoms with Crippen LogP contribution in [-0.2, 0) is 0 Å². The van der Waals surface area contributed by atoms with Gasteiger partial charge in [0.1, 0.15) is 0 Å². The molecule has 2 bridgehead atoms. The van der Waals surface area contributed by atoms with Crippen LogP contribution in [-0.4, -0.2) is 12.5 Å². The van der Waals surface area contributed by atoms with Gasteiger partial charge in [0.25, 0.3) is 5.92 Å². The fourth-order valence-electron chi connectivity index (χ4n) is 2.42. The molecule has 2 aliphatic carbocycles. The van der Waals surface area contributed by atoms with Crippen LogP contribution in [0.4, 0.5) is 8.78 Å². The van der Waals surface area contributed by atoms with E-state index >= 15 is 0 Å². The summed E-state index contributed by atoms with van der Waals surface area (Å²) in [4.78, 5) is 0. The van der Waals surface area contributed by atoms with E-state index in [9.17, 15) is 8.78 Å². The molecule has 2 rings (SSSR count). The lowest BCUT2D eigenvalue weighted by Crippen LogP contribution is -2.38. The van der Waals surface area contributed by atoms with E-state index < -0.39 is 18.4 Å². The number of allylic oxidation sites excluding steroid dienone is 2. The maximum atomic E-state index is 13.2. The van der Waals surface area contributed by atoms with E-state index in [-0.39, 0.29) is 5.92 Å². The number of fused-ring (bicyclic) bond motifs is 2. The molecule has 1 fully saturated rings. The third-order valence-electron chi connectivity index (χ3n) is 3.09. The lowest BCUT2D eigenvalue weighted by atomic mass is 9.88. The number of hydrogen-bond acceptors (Lipinski definition) is 1. The lowest BCUT2D eigenvalue weighted by Gasteiger charge is -2.26. The minimum atomic E-state index is -2.65. The summed E-state index contributed by atoms with van der Waals surface area (Å²) in [6, 6.07) is 0. The molecule has 12 heavy (non-hydrogen) atoms. The topological polar surface area (TPSA) is 26.0 Å². The Hall–Kier alpha value is -0.440. The van der Waals surface area contributed by atoms with Crippen molar-refractivity contribution in [3.63, 3.8) is 0 Å². The average molecular weight is 173 g/mol. The van der Waals surface area contributed by atoms with Gasteiger partial charge in [0.05, 0.1) is 6.54 Å². The van der Waals surface area contributed by atoms with Gasteiger partial charge in [0, 0.05) is 5.92 Å². The Morgan fingerprint density at radius 3 is 2.50 bits per heavy atom. The first-order valence-electron chi connectivity index (χ1n) is 4.39. The van der Waals surface area contributed by atoms with Crippen LogP contribution in [0.3, 0.4) is 0 Å². The molecular weight excluding hydrogens is 160 g/mol. The van der Waals surface area contributed by atoms with Crippen molar-refractivity contribution in [1.82, 2.24) is 0 Å². The molecule has 3 heteroatoms. The number of rotatable bonds is 2. The van der Waals surface area contributed by atoms with Crippen molar-refractivity contribution in [1.29, 1.82) is 0 Å². The maximum absolute atomic E-state index is 13.2. The average Bonchev–Trinajstić information content (AvgIpc) is 2.64. The van der Waals surface area contributed by atoms with E-state index in [1.807, 2.05) is 6.08 Å². The second-order valence-electron chi connectivity index (χ2n) is 3.85. The molecule has 0 saturated heterocycles. The molecule has 1 nitrogen and oxygen atoms in total. The first kappa shape index (κ1) is 8.17. The van der Waals surface area contributed by atoms with Gasteiger partial charge in [0.15, 0.2) is 0 Å². The SMILES string of the molecule is NCC(F)(F)C1CC2C=CC1C2. The quantitative estimate of drug-likeness (QED) is 0.633. The minimum absolute atomic E-state index is 0.0912. The first-order chi connectivity index (χ1) is 5.63. The van der Waals surface area contributed by atoms with Crippen molar-refractivity contribution in [2.75, 3.05) is 6.54 Å². The molecule has 0 radical (unpaired) electrons. The zero-order chi connectivity index (χ0) is 8.77. The Balaban J connectivity index is 2.12. The van der Waals surface area contributed by atoms with Crippen molar-refractivity contribution < 1.29 is 8.78 Å². The molecule has 68 valence electrons. The van der Waals surface area contributed by atoms with Gasteiger partial charge in [-0.05, 0) is 24.7 Å². The van der Waals surface area contributed by atoms with Gasteiger partial charge in [-0.15, -0.1) is 0 Å². The van der Waals surface area contributed by atoms with Crippen LogP contribution >= 0.6 is 0 Å². The van der Waals surface area contributed by atoms with E-state index in [4.69, 9.17) is 5.73 Å². The Morgan fingerprint density at radius 2 is 2.08 bits per heavy atom. The summed E-state index contributed by atoms with van der Waals surface area (Å²) in [6.07, 6.45) is 5.54. The standard InChI is InChI=1S/C9H13F2N/c10-9(11,5-12)8-4-6-1-2-7(8)3-6/h1-2,6-8H,3-5,12H2. The second kappa shape index (κ2) is 2.52. The molecule has 2 N–H and O–H groups in total. The predicted octanol–water partition coefficient (Wildman–Crippen LogP) is 1.79. The van der Waals surface area contributed by atoms with Gasteiger partial charge >= 0.3 is 0 Å². The minimum Gasteiger partial charge on any atom is -0.325 e. The molecular formula is C9H13F2N. The summed E-state index contributed by atoms with van der Waals surface area (Å²) in [5.41, 5.74) is 5.04. The van der Waals surface area contributed by atoms with Gasteiger partial charge in [-0.1, -0.05) is 12.2 Å². The van der Waals surface area contributed by atoms with Crippen molar-refractivity contribution in [3.05, 3.63) is 12.2 Å². The second-order valence-corrected chi connectivity index (χ2v) is 3.85. The van der Waals surface area contributed by atoms with Crippen molar-refractivity contribution in [3.8, 4) is 0 Å². The van der Waals surface area contributed by atoms with Gasteiger partial charge < -0.3 is 5.73 Å². The molecule has 1 saturated carbocycles. The first-order valence-corrected chi connectivity index (χ1v) is 4.39. The molecule has 2 aliphatic rings. The summed E-state index contributed by atoms with van der Waals surface area (Å²) >= 11 is 0. The van der Waals surface area contributed by atoms with E-state index in [0.29, 0.717) is 12.3 Å². The number of hydrogen-bond donors (Lipinski definition) is 1. The molecule has 0 aromatic carbocycles. The summed E-state index contributed by atoms with van der Waals surface area (Å²) in [5.74, 6) is -2.65. The third-order valence-corrected chi connectivity index (χ3v) is 3.09. The Morgan fingerprint density at radius 1 is 1.33 bits per heavy atom. The van der Waals surface area contributed by atoms with E-state index in [0.717, 1.165) is 6.42 Å². The molecule has 0 aromatic heterocycles. The van der Waals surface area contributed by atoms with Gasteiger partial charge in [-0.3, -0.25) is 0 Å². The fourth-order valence-corrected chi connectivity index (χ4v) is 2.42. The summed E-state index contributed by atoms with van der Waals surface area (Å²) < 4.78 is 26.3. The van der Waals surface area contributed by atoms with Gasteiger partial charge in [-0.25, -0.2) is 8.78 Å². The zero-order valence-corrected chi connectivity index (χ0v) is 6.84. The fraction of sp³-hybridized carbons (Fsp3) is 0.778. The highest BCUT2D eigenvalue weighted by Crippen LogP contribution is 2.49. The van der Waals surface area contributed by atoms with Crippen LogP contribution < -0.4 is 5.73 Å². The third kappa shape index (κ3) is 1.07. The van der Waals surface area contributed by atoms with Crippen LogP contribution in [0, 0.1) is 17.8 Å². The summed E-state index contributed by atoms with van der Waals surface area (Å²) in [7, 11) is 0. The van der Waals surface area contributed by atoms with Gasteiger partial charge in [0.2, 0.25) is 0 Å². The van der Waals surface area contributed by atoms with Crippen molar-refractivity contribution >= 4 is 0 Å². The largest absolute Gasteiger partial charge is 0.325 e. The molecule has 0 aromatic rings. The smallest absolute Gasteiger partial charge is 0.263 e. The number of alkyl halides is 2. The van der Waals surface area contributed by atoms with Crippen molar-refractivity contribution in [2.45, 2.75) is 18.8 Å². The van der Waals surface area contributed by atoms with E-state index in [2.05, 4.69) is 6.08 Å². The predicted molar refractivity (Wildman–Crippen MR) is 42.8 cm³/mol. The highest BCUT2D eigenvalue weighted by molar-refractivity contribution is 5.12. The molecule has 0 amide bonds. The van der Waals surface area contributed by atoms with Crippen molar-refractivity contribution in [2.24, 2.45) is 23.5 Å². The van der Waals surface area contributed by atoms with Crippen LogP contribution in [0.15, 0.2) is 12.2 Å². The molecule has 3 atom stereocenters. The maximum Gasteiger partial charge on any atom is 0.263 e. The van der Waals surface area contributed by atoms with Gasteiger partial charge in [-0.2, -0.15) is 0 Å². The number of halogens is 2. The van der Waals surface area contributed by atoms with E-state index in [1.165, 1.54) is 0 Å². The zero-order valence-electron chi connectivity index (χ0n) is 6.84. The Bertz CT molecular complexity index is 213. The molecule has 0 aliphatic heterocycles. The van der Waals surface area contributed by atoms with Crippen LogP contribution in [0.1, 0.15) is 12.8 Å². The monoisotopic (exact) mass is 173 g/mol. The Kier molecular flexibility index (Phi) is 1.72. The molecule has 0 heterocycles. The summed E-state index contributed by atoms with van der Waals surface area (Å²) in [5, 5.41) is 0. The van der Waals surface area contributed by atoms with Crippen LogP contribution in [0.5, 0.6) is 0 Å². The van der Waals surface area contributed by atoms with E-state index in [1.54, 1.807) is 0 Å². The lowest BCUT2D eigenvalue weighted by molar-refractivity contribution is -0.0583. The molecule has 0 spiro atoms. The normalized spacial score (nSPS) is 39.4. The van der Waals surface area contributed by atoms with Crippen LogP contribution in [0.25, 0.3) is 0 Å². The summed E-state index contributed by atoms with van der Waals surface area (Å²) in [6.45, 7) is -0.505. The van der Waals surface area contributed by atoms with Crippen LogP contribution in [0.2, 0.25) is 0 Å².